The van der Waals surface area contributed by atoms with Gasteiger partial charge in [-0.1, -0.05) is 6.42 Å². The highest BCUT2D eigenvalue weighted by Gasteiger charge is 2.05. The molecule has 0 amide bonds. The Bertz CT molecular complexity index is 257. The molecule has 0 aromatic rings. The molecular formula is C8H16O5S. The highest BCUT2D eigenvalue weighted by atomic mass is 32.2. The molecule has 0 heterocycles. The van der Waals surface area contributed by atoms with Crippen molar-refractivity contribution in [1.29, 1.82) is 0 Å². The Hall–Kier alpha value is -0.620. The molecule has 0 spiro atoms. The van der Waals surface area contributed by atoms with Crippen molar-refractivity contribution < 1.29 is 22.5 Å². The third kappa shape index (κ3) is 9.47. The molecule has 0 radical (unpaired) electrons. The van der Waals surface area contributed by atoms with Crippen LogP contribution in [-0.2, 0) is 19.6 Å². The molecule has 6 heteroatoms. The van der Waals surface area contributed by atoms with E-state index in [1.54, 1.807) is 6.92 Å². The minimum atomic E-state index is -3.85. The predicted octanol–water partition coefficient (Wildman–Crippen LogP) is 0.998. The summed E-state index contributed by atoms with van der Waals surface area (Å²) >= 11 is 0. The van der Waals surface area contributed by atoms with Crippen molar-refractivity contribution in [3.8, 4) is 0 Å². The molecule has 0 fully saturated rings. The number of carbonyl (C=O) groups excluding carboxylic acids is 1. The first-order chi connectivity index (χ1) is 6.45. The first-order valence-corrected chi connectivity index (χ1v) is 6.17. The summed E-state index contributed by atoms with van der Waals surface area (Å²) in [5, 5.41) is 0. The lowest BCUT2D eigenvalue weighted by Crippen LogP contribution is -2.05. The SMILES string of the molecule is CCOC(=O)CCCCCS(=O)(=O)O. The molecule has 0 atom stereocenters. The van der Waals surface area contributed by atoms with E-state index in [4.69, 9.17) is 4.55 Å². The van der Waals surface area contributed by atoms with Gasteiger partial charge in [0, 0.05) is 6.42 Å². The van der Waals surface area contributed by atoms with Gasteiger partial charge in [-0.05, 0) is 19.8 Å². The lowest BCUT2D eigenvalue weighted by atomic mass is 10.2. The van der Waals surface area contributed by atoms with Crippen LogP contribution in [0.4, 0.5) is 0 Å². The van der Waals surface area contributed by atoms with Crippen molar-refractivity contribution in [3.63, 3.8) is 0 Å². The third-order valence-electron chi connectivity index (χ3n) is 1.59. The van der Waals surface area contributed by atoms with E-state index in [1.807, 2.05) is 0 Å². The quantitative estimate of drug-likeness (QED) is 0.396. The first-order valence-electron chi connectivity index (χ1n) is 4.56. The molecule has 0 unspecified atom stereocenters. The molecule has 0 aromatic heterocycles. The van der Waals surface area contributed by atoms with Gasteiger partial charge in [-0.3, -0.25) is 9.35 Å². The van der Waals surface area contributed by atoms with Gasteiger partial charge in [-0.15, -0.1) is 0 Å². The molecule has 0 aliphatic carbocycles. The second kappa shape index (κ2) is 6.78. The van der Waals surface area contributed by atoms with Gasteiger partial charge in [0.15, 0.2) is 0 Å². The molecule has 0 saturated carbocycles. The lowest BCUT2D eigenvalue weighted by molar-refractivity contribution is -0.143. The summed E-state index contributed by atoms with van der Waals surface area (Å²) in [4.78, 5) is 10.8. The molecule has 0 aliphatic heterocycles. The average Bonchev–Trinajstić information content (AvgIpc) is 2.02. The molecule has 14 heavy (non-hydrogen) atoms. The molecule has 0 saturated heterocycles. The normalized spacial score (nSPS) is 11.3. The minimum Gasteiger partial charge on any atom is -0.466 e. The molecular weight excluding hydrogens is 208 g/mol. The van der Waals surface area contributed by atoms with Crippen LogP contribution in [0, 0.1) is 0 Å². The summed E-state index contributed by atoms with van der Waals surface area (Å²) in [6.07, 6.45) is 1.87. The minimum absolute atomic E-state index is 0.240. The van der Waals surface area contributed by atoms with Crippen LogP contribution in [0.5, 0.6) is 0 Å². The summed E-state index contributed by atoms with van der Waals surface area (Å²) in [5.41, 5.74) is 0. The number of unbranched alkanes of at least 4 members (excludes halogenated alkanes) is 2. The van der Waals surface area contributed by atoms with Crippen molar-refractivity contribution >= 4 is 16.1 Å². The Morgan fingerprint density at radius 3 is 2.43 bits per heavy atom. The van der Waals surface area contributed by atoms with E-state index in [0.29, 0.717) is 32.3 Å². The zero-order chi connectivity index (χ0) is 11.0. The van der Waals surface area contributed by atoms with Gasteiger partial charge in [-0.25, -0.2) is 0 Å². The van der Waals surface area contributed by atoms with E-state index >= 15 is 0 Å². The van der Waals surface area contributed by atoms with Gasteiger partial charge in [0.2, 0.25) is 0 Å². The Morgan fingerprint density at radius 1 is 1.29 bits per heavy atom. The number of hydrogen-bond acceptors (Lipinski definition) is 4. The van der Waals surface area contributed by atoms with E-state index in [0.717, 1.165) is 0 Å². The predicted molar refractivity (Wildman–Crippen MR) is 51.5 cm³/mol. The molecule has 0 rings (SSSR count). The second-order valence-electron chi connectivity index (χ2n) is 2.90. The van der Waals surface area contributed by atoms with E-state index < -0.39 is 10.1 Å². The van der Waals surface area contributed by atoms with Gasteiger partial charge in [0.1, 0.15) is 0 Å². The zero-order valence-corrected chi connectivity index (χ0v) is 9.05. The van der Waals surface area contributed by atoms with Crippen LogP contribution in [0.3, 0.4) is 0 Å². The van der Waals surface area contributed by atoms with Gasteiger partial charge in [0.05, 0.1) is 12.4 Å². The first kappa shape index (κ1) is 13.4. The smallest absolute Gasteiger partial charge is 0.305 e. The Morgan fingerprint density at radius 2 is 1.93 bits per heavy atom. The maximum Gasteiger partial charge on any atom is 0.305 e. The standard InChI is InChI=1S/C8H16O5S/c1-2-13-8(9)6-4-3-5-7-14(10,11)12/h2-7H2,1H3,(H,10,11,12). The Kier molecular flexibility index (Phi) is 6.48. The van der Waals surface area contributed by atoms with Crippen molar-refractivity contribution in [2.45, 2.75) is 32.6 Å². The monoisotopic (exact) mass is 224 g/mol. The van der Waals surface area contributed by atoms with E-state index in [9.17, 15) is 13.2 Å². The number of esters is 1. The van der Waals surface area contributed by atoms with Crippen LogP contribution in [0.25, 0.3) is 0 Å². The molecule has 84 valence electrons. The Labute approximate surface area is 84.2 Å². The molecule has 1 N–H and O–H groups in total. The van der Waals surface area contributed by atoms with Crippen molar-refractivity contribution in [2.75, 3.05) is 12.4 Å². The molecule has 5 nitrogen and oxygen atoms in total. The molecule has 0 aromatic carbocycles. The fourth-order valence-corrected chi connectivity index (χ4v) is 1.53. The summed E-state index contributed by atoms with van der Waals surface area (Å²) in [7, 11) is -3.85. The van der Waals surface area contributed by atoms with Crippen LogP contribution >= 0.6 is 0 Å². The summed E-state index contributed by atoms with van der Waals surface area (Å²) in [6.45, 7) is 2.10. The molecule has 0 bridgehead atoms. The van der Waals surface area contributed by atoms with Gasteiger partial charge < -0.3 is 4.74 Å². The summed E-state index contributed by atoms with van der Waals surface area (Å²) in [5.74, 6) is -0.505. The maximum absolute atomic E-state index is 10.8. The fourth-order valence-electron chi connectivity index (χ4n) is 0.964. The van der Waals surface area contributed by atoms with Gasteiger partial charge >= 0.3 is 5.97 Å². The van der Waals surface area contributed by atoms with Crippen LogP contribution in [0.15, 0.2) is 0 Å². The number of carbonyl (C=O) groups is 1. The van der Waals surface area contributed by atoms with Crippen molar-refractivity contribution in [2.24, 2.45) is 0 Å². The average molecular weight is 224 g/mol. The van der Waals surface area contributed by atoms with Gasteiger partial charge in [-0.2, -0.15) is 8.42 Å². The van der Waals surface area contributed by atoms with Crippen molar-refractivity contribution in [1.82, 2.24) is 0 Å². The lowest BCUT2D eigenvalue weighted by Gasteiger charge is -2.00. The molecule has 0 aliphatic rings. The Balaban J connectivity index is 3.34. The number of hydrogen-bond donors (Lipinski definition) is 1. The highest BCUT2D eigenvalue weighted by Crippen LogP contribution is 2.02. The van der Waals surface area contributed by atoms with Crippen molar-refractivity contribution in [3.05, 3.63) is 0 Å². The number of ether oxygens (including phenoxy) is 1. The largest absolute Gasteiger partial charge is 0.466 e. The summed E-state index contributed by atoms with van der Waals surface area (Å²) < 4.78 is 33.7. The van der Waals surface area contributed by atoms with Crippen LogP contribution in [0.1, 0.15) is 32.6 Å². The number of rotatable bonds is 7. The van der Waals surface area contributed by atoms with E-state index in [2.05, 4.69) is 4.74 Å². The van der Waals surface area contributed by atoms with Crippen LogP contribution in [-0.4, -0.2) is 31.3 Å². The summed E-state index contributed by atoms with van der Waals surface area (Å²) in [6, 6.07) is 0. The van der Waals surface area contributed by atoms with Crippen LogP contribution in [0.2, 0.25) is 0 Å². The van der Waals surface area contributed by atoms with Gasteiger partial charge in [0.25, 0.3) is 10.1 Å². The van der Waals surface area contributed by atoms with E-state index in [1.165, 1.54) is 0 Å². The fraction of sp³-hybridized carbons (Fsp3) is 0.875. The second-order valence-corrected chi connectivity index (χ2v) is 4.47. The maximum atomic E-state index is 10.8. The highest BCUT2D eigenvalue weighted by molar-refractivity contribution is 7.85. The van der Waals surface area contributed by atoms with Crippen LogP contribution < -0.4 is 0 Å². The van der Waals surface area contributed by atoms with E-state index in [-0.39, 0.29) is 11.7 Å². The topological polar surface area (TPSA) is 80.7 Å². The third-order valence-corrected chi connectivity index (χ3v) is 2.39. The zero-order valence-electron chi connectivity index (χ0n) is 8.23.